The van der Waals surface area contributed by atoms with Crippen LogP contribution in [0.15, 0.2) is 64.5 Å². The smallest absolute Gasteiger partial charge is 0.284 e. The topological polar surface area (TPSA) is 55.7 Å². The molecule has 0 bridgehead atoms. The highest BCUT2D eigenvalue weighted by atomic mass is 35.5. The highest BCUT2D eigenvalue weighted by molar-refractivity contribution is 7.92. The molecule has 22 heavy (non-hydrogen) atoms. The zero-order chi connectivity index (χ0) is 15.7. The van der Waals surface area contributed by atoms with Gasteiger partial charge in [-0.3, -0.25) is 0 Å². The molecule has 2 aromatic carbocycles. The van der Waals surface area contributed by atoms with Gasteiger partial charge < -0.3 is 4.74 Å². The van der Waals surface area contributed by atoms with Crippen molar-refractivity contribution in [3.05, 3.63) is 65.7 Å². The van der Waals surface area contributed by atoms with Crippen LogP contribution in [0.5, 0.6) is 0 Å². The van der Waals surface area contributed by atoms with E-state index in [2.05, 4.69) is 4.99 Å². The van der Waals surface area contributed by atoms with E-state index in [1.807, 2.05) is 25.1 Å². The third-order valence-electron chi connectivity index (χ3n) is 3.51. The molecule has 3 rings (SSSR count). The van der Waals surface area contributed by atoms with Gasteiger partial charge in [0.1, 0.15) is 0 Å². The standard InChI is InChI=1S/C16H14ClNO3S/c1-11-7-9-13(10-8-11)22(19,20)15-14(21-16(17)18-15)12-5-3-2-4-6-12/h2-10,14-15H,1H3. The molecule has 2 aromatic rings. The summed E-state index contributed by atoms with van der Waals surface area (Å²) in [6, 6.07) is 15.8. The van der Waals surface area contributed by atoms with Gasteiger partial charge in [-0.25, -0.2) is 13.4 Å². The molecule has 1 aliphatic heterocycles. The summed E-state index contributed by atoms with van der Waals surface area (Å²) in [6.07, 6.45) is -0.736. The van der Waals surface area contributed by atoms with E-state index < -0.39 is 21.3 Å². The van der Waals surface area contributed by atoms with Crippen LogP contribution in [0.2, 0.25) is 0 Å². The van der Waals surface area contributed by atoms with Gasteiger partial charge >= 0.3 is 0 Å². The predicted octanol–water partition coefficient (Wildman–Crippen LogP) is 3.46. The van der Waals surface area contributed by atoms with Crippen molar-refractivity contribution in [1.29, 1.82) is 0 Å². The van der Waals surface area contributed by atoms with Crippen molar-refractivity contribution in [1.82, 2.24) is 0 Å². The van der Waals surface area contributed by atoms with Crippen LogP contribution < -0.4 is 0 Å². The van der Waals surface area contributed by atoms with E-state index in [0.29, 0.717) is 0 Å². The second kappa shape index (κ2) is 5.74. The molecule has 0 N–H and O–H groups in total. The lowest BCUT2D eigenvalue weighted by Gasteiger charge is -2.18. The molecule has 2 atom stereocenters. The third-order valence-corrected chi connectivity index (χ3v) is 5.61. The van der Waals surface area contributed by atoms with Crippen LogP contribution in [-0.2, 0) is 14.6 Å². The number of ether oxygens (including phenoxy) is 1. The average Bonchev–Trinajstić information content (AvgIpc) is 2.91. The number of aliphatic imine (C=N–C) groups is 1. The molecule has 6 heteroatoms. The van der Waals surface area contributed by atoms with E-state index in [1.165, 1.54) is 0 Å². The van der Waals surface area contributed by atoms with E-state index >= 15 is 0 Å². The van der Waals surface area contributed by atoms with Gasteiger partial charge in [0, 0.05) is 0 Å². The Morgan fingerprint density at radius 1 is 1.05 bits per heavy atom. The lowest BCUT2D eigenvalue weighted by atomic mass is 10.1. The molecule has 0 radical (unpaired) electrons. The number of nitrogens with zero attached hydrogens (tertiary/aromatic N) is 1. The van der Waals surface area contributed by atoms with Gasteiger partial charge in [-0.1, -0.05) is 48.0 Å². The highest BCUT2D eigenvalue weighted by Gasteiger charge is 2.42. The zero-order valence-electron chi connectivity index (χ0n) is 11.8. The molecular weight excluding hydrogens is 322 g/mol. The SMILES string of the molecule is Cc1ccc(S(=O)(=O)C2N=C(Cl)OC2c2ccccc2)cc1. The molecule has 2 unspecified atom stereocenters. The van der Waals surface area contributed by atoms with Crippen LogP contribution in [0.1, 0.15) is 17.2 Å². The molecule has 0 saturated heterocycles. The Morgan fingerprint density at radius 3 is 2.32 bits per heavy atom. The lowest BCUT2D eigenvalue weighted by Crippen LogP contribution is -2.24. The molecule has 1 aliphatic rings. The maximum absolute atomic E-state index is 12.8. The lowest BCUT2D eigenvalue weighted by molar-refractivity contribution is 0.223. The first-order chi connectivity index (χ1) is 10.5. The largest absolute Gasteiger partial charge is 0.458 e. The summed E-state index contributed by atoms with van der Waals surface area (Å²) >= 11 is 5.83. The van der Waals surface area contributed by atoms with Crippen molar-refractivity contribution in [2.24, 2.45) is 4.99 Å². The van der Waals surface area contributed by atoms with Gasteiger partial charge in [0.25, 0.3) is 5.36 Å². The Labute approximate surface area is 134 Å². The van der Waals surface area contributed by atoms with Gasteiger partial charge in [-0.05, 0) is 36.2 Å². The van der Waals surface area contributed by atoms with E-state index in [1.54, 1.807) is 36.4 Å². The first-order valence-corrected chi connectivity index (χ1v) is 8.66. The van der Waals surface area contributed by atoms with Crippen LogP contribution in [0.3, 0.4) is 0 Å². The summed E-state index contributed by atoms with van der Waals surface area (Å²) in [6.45, 7) is 1.90. The number of hydrogen-bond donors (Lipinski definition) is 0. The Balaban J connectivity index is 2.02. The molecular formula is C16H14ClNO3S. The molecule has 0 amide bonds. The van der Waals surface area contributed by atoms with Crippen molar-refractivity contribution in [2.75, 3.05) is 0 Å². The summed E-state index contributed by atoms with van der Waals surface area (Å²) in [5.41, 5.74) is 1.71. The van der Waals surface area contributed by atoms with Gasteiger partial charge in [-0.2, -0.15) is 0 Å². The summed E-state index contributed by atoms with van der Waals surface area (Å²) in [5, 5.41) is -1.21. The Kier molecular flexibility index (Phi) is 3.93. The minimum Gasteiger partial charge on any atom is -0.458 e. The van der Waals surface area contributed by atoms with Gasteiger partial charge in [0.05, 0.1) is 4.90 Å². The summed E-state index contributed by atoms with van der Waals surface area (Å²) in [4.78, 5) is 4.20. The van der Waals surface area contributed by atoms with Crippen molar-refractivity contribution < 1.29 is 13.2 Å². The summed E-state index contributed by atoms with van der Waals surface area (Å²) < 4.78 is 31.1. The Hall–Kier alpha value is -1.85. The van der Waals surface area contributed by atoms with Crippen molar-refractivity contribution in [2.45, 2.75) is 23.3 Å². The number of benzene rings is 2. The van der Waals surface area contributed by atoms with E-state index in [0.717, 1.165) is 11.1 Å². The number of sulfone groups is 1. The normalized spacial score (nSPS) is 21.3. The van der Waals surface area contributed by atoms with Crippen LogP contribution >= 0.6 is 11.6 Å². The van der Waals surface area contributed by atoms with Crippen LogP contribution in [0, 0.1) is 6.92 Å². The fourth-order valence-electron chi connectivity index (χ4n) is 2.34. The second-order valence-electron chi connectivity index (χ2n) is 5.08. The van der Waals surface area contributed by atoms with Gasteiger partial charge in [-0.15, -0.1) is 0 Å². The quantitative estimate of drug-likeness (QED) is 0.863. The number of rotatable bonds is 3. The van der Waals surface area contributed by atoms with E-state index in [4.69, 9.17) is 16.3 Å². The van der Waals surface area contributed by atoms with Crippen molar-refractivity contribution >= 4 is 26.8 Å². The average molecular weight is 336 g/mol. The van der Waals surface area contributed by atoms with Crippen LogP contribution in [0.4, 0.5) is 0 Å². The summed E-state index contributed by atoms with van der Waals surface area (Å²) in [7, 11) is -3.68. The molecule has 1 heterocycles. The molecule has 0 saturated carbocycles. The molecule has 114 valence electrons. The first-order valence-electron chi connectivity index (χ1n) is 6.74. The minimum atomic E-state index is -3.68. The van der Waals surface area contributed by atoms with Crippen molar-refractivity contribution in [3.63, 3.8) is 0 Å². The van der Waals surface area contributed by atoms with E-state index in [-0.39, 0.29) is 10.3 Å². The first kappa shape index (κ1) is 15.1. The van der Waals surface area contributed by atoms with E-state index in [9.17, 15) is 8.42 Å². The molecule has 0 fully saturated rings. The fraction of sp³-hybridized carbons (Fsp3) is 0.188. The minimum absolute atomic E-state index is 0.130. The van der Waals surface area contributed by atoms with Crippen LogP contribution in [-0.4, -0.2) is 19.1 Å². The molecule has 4 nitrogen and oxygen atoms in total. The third kappa shape index (κ3) is 2.74. The molecule has 0 aliphatic carbocycles. The fourth-order valence-corrected chi connectivity index (χ4v) is 4.16. The van der Waals surface area contributed by atoms with Gasteiger partial charge in [0.2, 0.25) is 15.2 Å². The summed E-state index contributed by atoms with van der Waals surface area (Å²) in [5.74, 6) is 0. The Bertz CT molecular complexity index is 801. The monoisotopic (exact) mass is 335 g/mol. The zero-order valence-corrected chi connectivity index (χ0v) is 13.4. The highest BCUT2D eigenvalue weighted by Crippen LogP contribution is 2.36. The van der Waals surface area contributed by atoms with Crippen LogP contribution in [0.25, 0.3) is 0 Å². The molecule has 0 aromatic heterocycles. The van der Waals surface area contributed by atoms with Gasteiger partial charge in [0.15, 0.2) is 6.10 Å². The number of hydrogen-bond acceptors (Lipinski definition) is 4. The predicted molar refractivity (Wildman–Crippen MR) is 85.7 cm³/mol. The maximum atomic E-state index is 12.8. The number of aryl methyl sites for hydroxylation is 1. The van der Waals surface area contributed by atoms with Crippen molar-refractivity contribution in [3.8, 4) is 0 Å². The Morgan fingerprint density at radius 2 is 1.68 bits per heavy atom. The molecule has 0 spiro atoms. The number of halogens is 1. The second-order valence-corrected chi connectivity index (χ2v) is 7.45. The maximum Gasteiger partial charge on any atom is 0.284 e.